The second-order valence-corrected chi connectivity index (χ2v) is 5.95. The van der Waals surface area contributed by atoms with Gasteiger partial charge in [0.05, 0.1) is 16.7 Å². The van der Waals surface area contributed by atoms with Crippen molar-refractivity contribution in [3.8, 4) is 17.1 Å². The Hall–Kier alpha value is -3.65. The minimum atomic E-state index is -0.537. The number of hydrazone groups is 1. The predicted molar refractivity (Wildman–Crippen MR) is 103 cm³/mol. The van der Waals surface area contributed by atoms with Crippen molar-refractivity contribution in [2.24, 2.45) is 5.10 Å². The highest BCUT2D eigenvalue weighted by Crippen LogP contribution is 2.33. The van der Waals surface area contributed by atoms with Crippen molar-refractivity contribution >= 4 is 29.4 Å². The lowest BCUT2D eigenvalue weighted by molar-refractivity contribution is -0.384. The predicted octanol–water partition coefficient (Wildman–Crippen LogP) is 4.04. The molecule has 9 heteroatoms. The molecular weight excluding hydrogens is 386 g/mol. The van der Waals surface area contributed by atoms with Crippen molar-refractivity contribution in [1.29, 1.82) is 0 Å². The van der Waals surface area contributed by atoms with Gasteiger partial charge >= 0.3 is 0 Å². The Kier molecular flexibility index (Phi) is 6.03. The van der Waals surface area contributed by atoms with Crippen molar-refractivity contribution in [2.45, 2.75) is 0 Å². The Morgan fingerprint density at radius 1 is 1.21 bits per heavy atom. The third kappa shape index (κ3) is 4.95. The molecule has 3 aromatic rings. The third-order valence-corrected chi connectivity index (χ3v) is 3.78. The lowest BCUT2D eigenvalue weighted by atomic mass is 10.1. The Balaban J connectivity index is 1.60. The van der Waals surface area contributed by atoms with Crippen LogP contribution in [0, 0.1) is 10.1 Å². The Morgan fingerprint density at radius 3 is 2.75 bits per heavy atom. The third-order valence-electron chi connectivity index (χ3n) is 3.54. The number of nitro benzene ring substituents is 1. The summed E-state index contributed by atoms with van der Waals surface area (Å²) in [6, 6.07) is 16.3. The molecule has 0 unspecified atom stereocenters. The lowest BCUT2D eigenvalue weighted by Gasteiger charge is -2.03. The molecule has 0 aliphatic heterocycles. The first kappa shape index (κ1) is 19.1. The molecule has 0 saturated carbocycles. The Morgan fingerprint density at radius 2 is 2.00 bits per heavy atom. The fourth-order valence-electron chi connectivity index (χ4n) is 2.30. The summed E-state index contributed by atoms with van der Waals surface area (Å²) in [7, 11) is 0. The van der Waals surface area contributed by atoms with E-state index in [0.717, 1.165) is 0 Å². The zero-order valence-corrected chi connectivity index (χ0v) is 15.1. The molecule has 1 aromatic heterocycles. The summed E-state index contributed by atoms with van der Waals surface area (Å²) >= 11 is 5.81. The Bertz CT molecular complexity index is 1020. The molecule has 0 aliphatic carbocycles. The second-order valence-electron chi connectivity index (χ2n) is 5.52. The number of halogens is 1. The number of hydrogen-bond acceptors (Lipinski definition) is 6. The van der Waals surface area contributed by atoms with E-state index in [9.17, 15) is 14.9 Å². The first-order valence-corrected chi connectivity index (χ1v) is 8.44. The first-order chi connectivity index (χ1) is 13.5. The molecule has 2 aromatic carbocycles. The van der Waals surface area contributed by atoms with Crippen LogP contribution in [0.4, 0.5) is 5.69 Å². The van der Waals surface area contributed by atoms with E-state index in [1.807, 2.05) is 6.07 Å². The average molecular weight is 400 g/mol. The van der Waals surface area contributed by atoms with Crippen molar-refractivity contribution in [3.05, 3.63) is 81.6 Å². The summed E-state index contributed by atoms with van der Waals surface area (Å²) in [6.07, 6.45) is 1.28. The SMILES string of the molecule is O=C(COc1ccccc1)N/N=C\c1ccc(-c2ccc(Cl)cc2[N+](=O)[O-])o1. The zero-order valence-electron chi connectivity index (χ0n) is 14.4. The summed E-state index contributed by atoms with van der Waals surface area (Å²) in [6.45, 7) is -0.193. The van der Waals surface area contributed by atoms with Gasteiger partial charge in [0, 0.05) is 11.1 Å². The molecule has 28 heavy (non-hydrogen) atoms. The van der Waals surface area contributed by atoms with Crippen LogP contribution in [0.1, 0.15) is 5.76 Å². The highest BCUT2D eigenvalue weighted by atomic mass is 35.5. The minimum Gasteiger partial charge on any atom is -0.484 e. The minimum absolute atomic E-state index is 0.170. The molecule has 0 saturated heterocycles. The van der Waals surface area contributed by atoms with Crippen molar-refractivity contribution < 1.29 is 18.9 Å². The van der Waals surface area contributed by atoms with E-state index >= 15 is 0 Å². The monoisotopic (exact) mass is 399 g/mol. The molecule has 8 nitrogen and oxygen atoms in total. The van der Waals surface area contributed by atoms with Crippen LogP contribution < -0.4 is 10.2 Å². The van der Waals surface area contributed by atoms with Gasteiger partial charge in [-0.1, -0.05) is 29.8 Å². The maximum Gasteiger partial charge on any atom is 0.281 e. The Labute approximate surface area is 164 Å². The number of nitrogens with zero attached hydrogens (tertiary/aromatic N) is 2. The van der Waals surface area contributed by atoms with E-state index in [2.05, 4.69) is 10.5 Å². The quantitative estimate of drug-likeness (QED) is 0.366. The van der Waals surface area contributed by atoms with Gasteiger partial charge in [0.2, 0.25) is 0 Å². The summed E-state index contributed by atoms with van der Waals surface area (Å²) in [4.78, 5) is 22.4. The maximum absolute atomic E-state index is 11.7. The normalized spacial score (nSPS) is 10.8. The number of amides is 1. The van der Waals surface area contributed by atoms with Gasteiger partial charge in [-0.25, -0.2) is 5.43 Å². The second kappa shape index (κ2) is 8.83. The van der Waals surface area contributed by atoms with Gasteiger partial charge in [0.1, 0.15) is 17.3 Å². The zero-order chi connectivity index (χ0) is 19.9. The molecule has 1 N–H and O–H groups in total. The van der Waals surface area contributed by atoms with Gasteiger partial charge < -0.3 is 9.15 Å². The number of ether oxygens (including phenoxy) is 1. The van der Waals surface area contributed by atoms with Gasteiger partial charge in [-0.15, -0.1) is 0 Å². The number of hydrogen-bond donors (Lipinski definition) is 1. The molecular formula is C19H14ClN3O5. The molecule has 142 valence electrons. The van der Waals surface area contributed by atoms with E-state index in [4.69, 9.17) is 20.8 Å². The molecule has 0 spiro atoms. The van der Waals surface area contributed by atoms with E-state index < -0.39 is 10.8 Å². The molecule has 0 bridgehead atoms. The number of furan rings is 1. The highest BCUT2D eigenvalue weighted by molar-refractivity contribution is 6.30. The van der Waals surface area contributed by atoms with Crippen LogP contribution in [0.3, 0.4) is 0 Å². The van der Waals surface area contributed by atoms with Crippen LogP contribution in [0.2, 0.25) is 5.02 Å². The van der Waals surface area contributed by atoms with Crippen LogP contribution >= 0.6 is 11.6 Å². The first-order valence-electron chi connectivity index (χ1n) is 8.07. The number of carbonyl (C=O) groups excluding carboxylic acids is 1. The number of rotatable bonds is 7. The molecule has 0 fully saturated rings. The largest absolute Gasteiger partial charge is 0.484 e. The van der Waals surface area contributed by atoms with Crippen LogP contribution in [0.5, 0.6) is 5.75 Å². The summed E-state index contributed by atoms with van der Waals surface area (Å²) in [5.41, 5.74) is 2.42. The lowest BCUT2D eigenvalue weighted by Crippen LogP contribution is -2.24. The molecule has 1 amide bonds. The molecule has 0 aliphatic rings. The van der Waals surface area contributed by atoms with Gasteiger partial charge in [-0.3, -0.25) is 14.9 Å². The number of nitro groups is 1. The van der Waals surface area contributed by atoms with Crippen LogP contribution in [-0.2, 0) is 4.79 Å². The van der Waals surface area contributed by atoms with Crippen molar-refractivity contribution in [2.75, 3.05) is 6.61 Å². The maximum atomic E-state index is 11.7. The summed E-state index contributed by atoms with van der Waals surface area (Å²) in [5.74, 6) is 0.717. The standard InChI is InChI=1S/C19H14ClN3O5/c20-13-6-8-16(17(10-13)23(25)26)18-9-7-15(28-18)11-21-22-19(24)12-27-14-4-2-1-3-5-14/h1-11H,12H2,(H,22,24)/b21-11-. The van der Waals surface area contributed by atoms with E-state index in [1.54, 1.807) is 36.4 Å². The fraction of sp³-hybridized carbons (Fsp3) is 0.0526. The topological polar surface area (TPSA) is 107 Å². The van der Waals surface area contributed by atoms with Crippen molar-refractivity contribution in [3.63, 3.8) is 0 Å². The van der Waals surface area contributed by atoms with Gasteiger partial charge in [-0.2, -0.15) is 5.10 Å². The highest BCUT2D eigenvalue weighted by Gasteiger charge is 2.18. The number of para-hydroxylation sites is 1. The van der Waals surface area contributed by atoms with Gasteiger partial charge in [-0.05, 0) is 36.4 Å². The van der Waals surface area contributed by atoms with E-state index in [0.29, 0.717) is 11.5 Å². The number of carbonyl (C=O) groups is 1. The fourth-order valence-corrected chi connectivity index (χ4v) is 2.46. The molecule has 1 heterocycles. The van der Waals surface area contributed by atoms with Crippen LogP contribution in [0.25, 0.3) is 11.3 Å². The molecule has 3 rings (SSSR count). The molecule has 0 atom stereocenters. The molecule has 0 radical (unpaired) electrons. The van der Waals surface area contributed by atoms with Gasteiger partial charge in [0.25, 0.3) is 11.6 Å². The van der Waals surface area contributed by atoms with Crippen LogP contribution in [-0.4, -0.2) is 23.7 Å². The van der Waals surface area contributed by atoms with E-state index in [1.165, 1.54) is 24.4 Å². The number of benzene rings is 2. The van der Waals surface area contributed by atoms with Gasteiger partial charge in [0.15, 0.2) is 6.61 Å². The van der Waals surface area contributed by atoms with Crippen LogP contribution in [0.15, 0.2) is 70.2 Å². The average Bonchev–Trinajstić information content (AvgIpc) is 3.16. The number of nitrogens with one attached hydrogen (secondary N) is 1. The summed E-state index contributed by atoms with van der Waals surface area (Å²) < 4.78 is 10.8. The van der Waals surface area contributed by atoms with E-state index in [-0.39, 0.29) is 28.6 Å². The smallest absolute Gasteiger partial charge is 0.281 e. The van der Waals surface area contributed by atoms with Crippen molar-refractivity contribution in [1.82, 2.24) is 5.43 Å². The summed E-state index contributed by atoms with van der Waals surface area (Å²) in [5, 5.41) is 15.2.